The van der Waals surface area contributed by atoms with E-state index in [4.69, 9.17) is 11.6 Å². The fourth-order valence-corrected chi connectivity index (χ4v) is 4.91. The summed E-state index contributed by atoms with van der Waals surface area (Å²) in [7, 11) is 0. The van der Waals surface area contributed by atoms with E-state index in [9.17, 15) is 4.79 Å². The van der Waals surface area contributed by atoms with Crippen LogP contribution in [0.25, 0.3) is 22.6 Å². The Bertz CT molecular complexity index is 1220. The number of thiazole rings is 1. The first-order valence-electron chi connectivity index (χ1n) is 10.2. The minimum Gasteiger partial charge on any atom is -0.302 e. The lowest BCUT2D eigenvalue weighted by Crippen LogP contribution is -2.14. The molecular formula is C23H22ClN5OS2. The van der Waals surface area contributed by atoms with Crippen LogP contribution >= 0.6 is 34.7 Å². The molecule has 0 radical (unpaired) electrons. The van der Waals surface area contributed by atoms with Gasteiger partial charge in [0.2, 0.25) is 5.91 Å². The highest BCUT2D eigenvalue weighted by molar-refractivity contribution is 7.99. The molecule has 4 aromatic rings. The van der Waals surface area contributed by atoms with Gasteiger partial charge in [0.1, 0.15) is 0 Å². The molecule has 164 valence electrons. The van der Waals surface area contributed by atoms with Gasteiger partial charge in [-0.05, 0) is 31.0 Å². The Labute approximate surface area is 200 Å². The van der Waals surface area contributed by atoms with E-state index in [2.05, 4.69) is 51.7 Å². The number of carbonyl (C=O) groups excluding carboxylic acids is 1. The second kappa shape index (κ2) is 10.3. The molecule has 0 unspecified atom stereocenters. The Hall–Kier alpha value is -2.68. The van der Waals surface area contributed by atoms with E-state index < -0.39 is 0 Å². The van der Waals surface area contributed by atoms with E-state index in [0.29, 0.717) is 21.9 Å². The summed E-state index contributed by atoms with van der Waals surface area (Å²) in [5, 5.41) is 15.3. The number of aryl methyl sites for hydroxylation is 1. The average molecular weight is 484 g/mol. The summed E-state index contributed by atoms with van der Waals surface area (Å²) in [5.74, 6) is 0.817. The zero-order valence-corrected chi connectivity index (χ0v) is 20.1. The van der Waals surface area contributed by atoms with Crippen LogP contribution in [0.5, 0.6) is 0 Å². The van der Waals surface area contributed by atoms with Crippen molar-refractivity contribution in [3.05, 3.63) is 64.5 Å². The summed E-state index contributed by atoms with van der Waals surface area (Å²) < 4.78 is 1.98. The van der Waals surface area contributed by atoms with Crippen molar-refractivity contribution in [2.24, 2.45) is 0 Å². The third-order valence-electron chi connectivity index (χ3n) is 4.86. The summed E-state index contributed by atoms with van der Waals surface area (Å²) in [5.41, 5.74) is 4.08. The van der Waals surface area contributed by atoms with Gasteiger partial charge in [0.25, 0.3) is 0 Å². The minimum atomic E-state index is -0.132. The highest BCUT2D eigenvalue weighted by Gasteiger charge is 2.15. The molecule has 0 aliphatic rings. The summed E-state index contributed by atoms with van der Waals surface area (Å²) in [6.45, 7) is 4.84. The quantitative estimate of drug-likeness (QED) is 0.309. The standard InChI is InChI=1S/C23H22ClN5OS2/c1-3-15-8-10-16(11-9-15)19-13-31-22(25-19)26-20(30)14-32-23-28-27-21(29(23)4-2)17-6-5-7-18(24)12-17/h5-13H,3-4,14H2,1-2H3,(H,25,26,30). The van der Waals surface area contributed by atoms with Gasteiger partial charge in [-0.2, -0.15) is 0 Å². The van der Waals surface area contributed by atoms with Crippen molar-refractivity contribution < 1.29 is 4.79 Å². The Morgan fingerprint density at radius 1 is 1.12 bits per heavy atom. The van der Waals surface area contributed by atoms with Crippen molar-refractivity contribution >= 4 is 45.7 Å². The zero-order chi connectivity index (χ0) is 22.5. The molecule has 0 atom stereocenters. The number of thioether (sulfide) groups is 1. The number of nitrogens with one attached hydrogen (secondary N) is 1. The smallest absolute Gasteiger partial charge is 0.236 e. The van der Waals surface area contributed by atoms with Crippen LogP contribution in [0.3, 0.4) is 0 Å². The monoisotopic (exact) mass is 483 g/mol. The summed E-state index contributed by atoms with van der Waals surface area (Å²) in [6.07, 6.45) is 1.00. The second-order valence-corrected chi connectivity index (χ2v) is 9.22. The maximum atomic E-state index is 12.5. The van der Waals surface area contributed by atoms with Crippen LogP contribution in [-0.2, 0) is 17.8 Å². The number of amides is 1. The van der Waals surface area contributed by atoms with Crippen LogP contribution < -0.4 is 5.32 Å². The molecule has 0 aliphatic carbocycles. The van der Waals surface area contributed by atoms with Crippen LogP contribution in [0.1, 0.15) is 19.4 Å². The summed E-state index contributed by atoms with van der Waals surface area (Å²) >= 11 is 8.87. The number of aromatic nitrogens is 4. The lowest BCUT2D eigenvalue weighted by Gasteiger charge is -2.07. The van der Waals surface area contributed by atoms with E-state index in [-0.39, 0.29) is 11.7 Å². The lowest BCUT2D eigenvalue weighted by molar-refractivity contribution is -0.113. The summed E-state index contributed by atoms with van der Waals surface area (Å²) in [4.78, 5) is 17.0. The molecule has 0 saturated carbocycles. The number of nitrogens with zero attached hydrogens (tertiary/aromatic N) is 4. The van der Waals surface area contributed by atoms with Gasteiger partial charge < -0.3 is 9.88 Å². The number of halogens is 1. The third-order valence-corrected chi connectivity index (χ3v) is 6.82. The van der Waals surface area contributed by atoms with Gasteiger partial charge in [0, 0.05) is 28.1 Å². The number of benzene rings is 2. The lowest BCUT2D eigenvalue weighted by atomic mass is 10.1. The maximum Gasteiger partial charge on any atom is 0.236 e. The molecule has 4 rings (SSSR count). The predicted octanol–water partition coefficient (Wildman–Crippen LogP) is 6.04. The minimum absolute atomic E-state index is 0.132. The van der Waals surface area contributed by atoms with Crippen molar-refractivity contribution in [1.29, 1.82) is 0 Å². The number of rotatable bonds is 8. The maximum absolute atomic E-state index is 12.5. The van der Waals surface area contributed by atoms with Gasteiger partial charge in [-0.3, -0.25) is 4.79 Å². The molecule has 0 spiro atoms. The van der Waals surface area contributed by atoms with Gasteiger partial charge in [-0.1, -0.05) is 66.7 Å². The molecule has 32 heavy (non-hydrogen) atoms. The van der Waals surface area contributed by atoms with Gasteiger partial charge >= 0.3 is 0 Å². The second-order valence-electron chi connectivity index (χ2n) is 6.99. The molecule has 1 amide bonds. The van der Waals surface area contributed by atoms with E-state index in [1.54, 1.807) is 0 Å². The molecule has 9 heteroatoms. The van der Waals surface area contributed by atoms with Crippen molar-refractivity contribution in [3.8, 4) is 22.6 Å². The van der Waals surface area contributed by atoms with Gasteiger partial charge in [0.15, 0.2) is 16.1 Å². The largest absolute Gasteiger partial charge is 0.302 e. The molecule has 0 fully saturated rings. The van der Waals surface area contributed by atoms with Crippen LogP contribution in [0.15, 0.2) is 59.1 Å². The van der Waals surface area contributed by atoms with Gasteiger partial charge in [0.05, 0.1) is 11.4 Å². The first-order chi connectivity index (χ1) is 15.6. The Balaban J connectivity index is 1.39. The van der Waals surface area contributed by atoms with Crippen molar-refractivity contribution in [2.45, 2.75) is 32.0 Å². The predicted molar refractivity (Wildman–Crippen MR) is 132 cm³/mol. The topological polar surface area (TPSA) is 72.7 Å². The molecular weight excluding hydrogens is 462 g/mol. The van der Waals surface area contributed by atoms with Gasteiger partial charge in [-0.25, -0.2) is 4.98 Å². The number of carbonyl (C=O) groups is 1. The molecule has 6 nitrogen and oxygen atoms in total. The fraction of sp³-hybridized carbons (Fsp3) is 0.217. The normalized spacial score (nSPS) is 11.0. The SMILES string of the molecule is CCc1ccc(-c2csc(NC(=O)CSc3nnc(-c4cccc(Cl)c4)n3CC)n2)cc1. The molecule has 0 saturated heterocycles. The van der Waals surface area contributed by atoms with E-state index in [0.717, 1.165) is 29.1 Å². The van der Waals surface area contributed by atoms with Crippen molar-refractivity contribution in [3.63, 3.8) is 0 Å². The Kier molecular flexibility index (Phi) is 7.24. The summed E-state index contributed by atoms with van der Waals surface area (Å²) in [6, 6.07) is 15.8. The molecule has 1 N–H and O–H groups in total. The zero-order valence-electron chi connectivity index (χ0n) is 17.7. The first-order valence-corrected chi connectivity index (χ1v) is 12.5. The van der Waals surface area contributed by atoms with Crippen molar-refractivity contribution in [2.75, 3.05) is 11.1 Å². The highest BCUT2D eigenvalue weighted by atomic mass is 35.5. The number of hydrogen-bond acceptors (Lipinski definition) is 6. The van der Waals surface area contributed by atoms with E-state index in [1.807, 2.05) is 41.1 Å². The molecule has 2 heterocycles. The fourth-order valence-electron chi connectivity index (χ4n) is 3.18. The van der Waals surface area contributed by atoms with Crippen molar-refractivity contribution in [1.82, 2.24) is 19.7 Å². The van der Waals surface area contributed by atoms with E-state index in [1.165, 1.54) is 28.7 Å². The molecule has 2 aromatic carbocycles. The van der Waals surface area contributed by atoms with Crippen LogP contribution in [0.2, 0.25) is 5.02 Å². The molecule has 2 aromatic heterocycles. The molecule has 0 aliphatic heterocycles. The highest BCUT2D eigenvalue weighted by Crippen LogP contribution is 2.27. The number of anilines is 1. The third kappa shape index (κ3) is 5.20. The Morgan fingerprint density at radius 3 is 2.66 bits per heavy atom. The molecule has 0 bridgehead atoms. The van der Waals surface area contributed by atoms with Crippen LogP contribution in [0, 0.1) is 0 Å². The Morgan fingerprint density at radius 2 is 1.94 bits per heavy atom. The van der Waals surface area contributed by atoms with Gasteiger partial charge in [-0.15, -0.1) is 21.5 Å². The van der Waals surface area contributed by atoms with E-state index >= 15 is 0 Å². The van der Waals surface area contributed by atoms with Crippen LogP contribution in [-0.4, -0.2) is 31.4 Å². The number of hydrogen-bond donors (Lipinski definition) is 1. The average Bonchev–Trinajstić information content (AvgIpc) is 3.44. The first kappa shape index (κ1) is 22.5. The van der Waals surface area contributed by atoms with Crippen LogP contribution in [0.4, 0.5) is 5.13 Å².